The summed E-state index contributed by atoms with van der Waals surface area (Å²) in [6.07, 6.45) is 9.10. The van der Waals surface area contributed by atoms with Crippen LogP contribution in [0.5, 0.6) is 0 Å². The first-order valence-electron chi connectivity index (χ1n) is 11.1. The lowest BCUT2D eigenvalue weighted by molar-refractivity contribution is -0.134. The maximum absolute atomic E-state index is 13.3. The number of hydrogen-bond acceptors (Lipinski definition) is 4. The van der Waals surface area contributed by atoms with Crippen LogP contribution in [-0.2, 0) is 17.8 Å². The zero-order valence-corrected chi connectivity index (χ0v) is 18.2. The Labute approximate surface area is 184 Å². The Morgan fingerprint density at radius 2 is 1.68 bits per heavy atom. The summed E-state index contributed by atoms with van der Waals surface area (Å²) in [4.78, 5) is 26.1. The number of nitrogens with zero attached hydrogens (tertiary/aromatic N) is 4. The van der Waals surface area contributed by atoms with Gasteiger partial charge in [-0.3, -0.25) is 19.7 Å². The van der Waals surface area contributed by atoms with Gasteiger partial charge in [-0.2, -0.15) is 0 Å². The first-order valence-corrected chi connectivity index (χ1v) is 11.1. The summed E-state index contributed by atoms with van der Waals surface area (Å²) < 4.78 is 0. The third-order valence-corrected chi connectivity index (χ3v) is 5.90. The van der Waals surface area contributed by atoms with Crippen LogP contribution in [0.25, 0.3) is 11.1 Å². The lowest BCUT2D eigenvalue weighted by Gasteiger charge is -2.24. The Balaban J connectivity index is 1.49. The second kappa shape index (κ2) is 10.3. The third kappa shape index (κ3) is 5.56. The van der Waals surface area contributed by atoms with Crippen molar-refractivity contribution in [1.82, 2.24) is 19.8 Å². The van der Waals surface area contributed by atoms with Crippen molar-refractivity contribution in [2.75, 3.05) is 26.2 Å². The van der Waals surface area contributed by atoms with E-state index < -0.39 is 0 Å². The van der Waals surface area contributed by atoms with Crippen molar-refractivity contribution >= 4 is 5.91 Å². The monoisotopic (exact) mass is 414 g/mol. The summed E-state index contributed by atoms with van der Waals surface area (Å²) in [5, 5.41) is 0. The molecular weight excluding hydrogens is 384 g/mol. The molecule has 0 radical (unpaired) electrons. The average Bonchev–Trinajstić information content (AvgIpc) is 2.95. The Kier molecular flexibility index (Phi) is 7.05. The highest BCUT2D eigenvalue weighted by atomic mass is 16.2. The van der Waals surface area contributed by atoms with Crippen molar-refractivity contribution in [3.05, 3.63) is 84.4 Å². The smallest absolute Gasteiger partial charge is 0.227 e. The molecule has 160 valence electrons. The fourth-order valence-electron chi connectivity index (χ4n) is 4.31. The van der Waals surface area contributed by atoms with Crippen molar-refractivity contribution in [1.29, 1.82) is 0 Å². The van der Waals surface area contributed by atoms with Crippen LogP contribution >= 0.6 is 0 Å². The molecule has 0 aliphatic carbocycles. The van der Waals surface area contributed by atoms with Crippen LogP contribution in [0, 0.1) is 5.92 Å². The minimum atomic E-state index is -0.0301. The zero-order chi connectivity index (χ0) is 21.5. The molecule has 0 saturated carbocycles. The first-order chi connectivity index (χ1) is 15.2. The third-order valence-electron chi connectivity index (χ3n) is 5.90. The first kappa shape index (κ1) is 21.2. The van der Waals surface area contributed by atoms with Crippen LogP contribution in [0.4, 0.5) is 0 Å². The molecule has 3 heterocycles. The van der Waals surface area contributed by atoms with E-state index >= 15 is 0 Å². The topological polar surface area (TPSA) is 49.3 Å². The van der Waals surface area contributed by atoms with Gasteiger partial charge in [0.25, 0.3) is 0 Å². The normalized spacial score (nSPS) is 17.5. The molecule has 1 aliphatic heterocycles. The van der Waals surface area contributed by atoms with Gasteiger partial charge in [-0.25, -0.2) is 0 Å². The highest BCUT2D eigenvalue weighted by molar-refractivity contribution is 5.79. The molecule has 3 aromatic rings. The molecule has 4 rings (SSSR count). The van der Waals surface area contributed by atoms with E-state index in [1.165, 1.54) is 16.7 Å². The minimum Gasteiger partial charge on any atom is -0.341 e. The van der Waals surface area contributed by atoms with E-state index in [1.807, 2.05) is 36.8 Å². The molecule has 5 heteroatoms. The Morgan fingerprint density at radius 1 is 0.903 bits per heavy atom. The van der Waals surface area contributed by atoms with Crippen molar-refractivity contribution in [3.63, 3.8) is 0 Å². The van der Waals surface area contributed by atoms with Gasteiger partial charge in [0.15, 0.2) is 0 Å². The Hall–Kier alpha value is -3.05. The van der Waals surface area contributed by atoms with Crippen LogP contribution in [0.2, 0.25) is 0 Å². The van der Waals surface area contributed by atoms with E-state index in [4.69, 9.17) is 0 Å². The van der Waals surface area contributed by atoms with E-state index in [1.54, 1.807) is 6.20 Å². The number of pyridine rings is 2. The molecule has 0 N–H and O–H groups in total. The van der Waals surface area contributed by atoms with Crippen molar-refractivity contribution < 1.29 is 4.79 Å². The number of aromatic nitrogens is 2. The molecule has 0 unspecified atom stereocenters. The van der Waals surface area contributed by atoms with Crippen molar-refractivity contribution in [3.8, 4) is 11.1 Å². The maximum atomic E-state index is 13.3. The van der Waals surface area contributed by atoms with Gasteiger partial charge in [-0.05, 0) is 53.3 Å². The zero-order valence-electron chi connectivity index (χ0n) is 18.2. The van der Waals surface area contributed by atoms with Crippen LogP contribution in [0.15, 0.2) is 73.3 Å². The molecule has 1 fully saturated rings. The fraction of sp³-hybridized carbons (Fsp3) is 0.346. The lowest BCUT2D eigenvalue weighted by Crippen LogP contribution is -2.37. The Morgan fingerprint density at radius 3 is 2.39 bits per heavy atom. The largest absolute Gasteiger partial charge is 0.341 e. The summed E-state index contributed by atoms with van der Waals surface area (Å²) in [5.74, 6) is 0.256. The van der Waals surface area contributed by atoms with Crippen LogP contribution in [0.3, 0.4) is 0 Å². The van der Waals surface area contributed by atoms with E-state index in [0.717, 1.165) is 51.1 Å². The number of hydrogen-bond donors (Lipinski definition) is 0. The van der Waals surface area contributed by atoms with Gasteiger partial charge in [0.1, 0.15) is 0 Å². The molecule has 2 aromatic heterocycles. The summed E-state index contributed by atoms with van der Waals surface area (Å²) in [7, 11) is 0. The second-order valence-electron chi connectivity index (χ2n) is 8.26. The van der Waals surface area contributed by atoms with Crippen LogP contribution in [-0.4, -0.2) is 51.9 Å². The number of amides is 1. The standard InChI is InChI=1S/C26H30N4O/c1-2-14-30-16-15-29(19-22-4-3-11-28-18-22)20-25(26(30)31)17-21-5-7-23(8-6-21)24-9-12-27-13-10-24/h3-13,18,25H,2,14-17,19-20H2,1H3/t25-/m0/s1. The summed E-state index contributed by atoms with van der Waals surface area (Å²) >= 11 is 0. The summed E-state index contributed by atoms with van der Waals surface area (Å²) in [6.45, 7) is 6.27. The van der Waals surface area contributed by atoms with E-state index in [0.29, 0.717) is 0 Å². The number of benzene rings is 1. The molecule has 0 bridgehead atoms. The van der Waals surface area contributed by atoms with Crippen LogP contribution < -0.4 is 0 Å². The van der Waals surface area contributed by atoms with Gasteiger partial charge >= 0.3 is 0 Å². The molecule has 1 aliphatic rings. The van der Waals surface area contributed by atoms with E-state index in [-0.39, 0.29) is 11.8 Å². The number of rotatable bonds is 7. The SMILES string of the molecule is CCCN1CCN(Cc2cccnc2)C[C@H](Cc2ccc(-c3ccncc3)cc2)C1=O. The fourth-order valence-corrected chi connectivity index (χ4v) is 4.31. The van der Waals surface area contributed by atoms with E-state index in [2.05, 4.69) is 57.0 Å². The molecular formula is C26H30N4O. The van der Waals surface area contributed by atoms with Crippen molar-refractivity contribution in [2.45, 2.75) is 26.3 Å². The lowest BCUT2D eigenvalue weighted by atomic mass is 9.95. The molecule has 1 saturated heterocycles. The molecule has 31 heavy (non-hydrogen) atoms. The quantitative estimate of drug-likeness (QED) is 0.585. The van der Waals surface area contributed by atoms with E-state index in [9.17, 15) is 4.79 Å². The molecule has 1 amide bonds. The van der Waals surface area contributed by atoms with Gasteiger partial charge in [0.2, 0.25) is 5.91 Å². The minimum absolute atomic E-state index is 0.0301. The predicted molar refractivity (Wildman–Crippen MR) is 123 cm³/mol. The average molecular weight is 415 g/mol. The summed E-state index contributed by atoms with van der Waals surface area (Å²) in [6, 6.07) is 16.7. The van der Waals surface area contributed by atoms with Gasteiger partial charge in [-0.1, -0.05) is 37.3 Å². The molecule has 0 spiro atoms. The highest BCUT2D eigenvalue weighted by Crippen LogP contribution is 2.22. The van der Waals surface area contributed by atoms with Gasteiger partial charge in [0.05, 0.1) is 5.92 Å². The number of carbonyl (C=O) groups excluding carboxylic acids is 1. The second-order valence-corrected chi connectivity index (χ2v) is 8.26. The van der Waals surface area contributed by atoms with Gasteiger partial charge < -0.3 is 4.90 Å². The number of carbonyl (C=O) groups is 1. The molecule has 5 nitrogen and oxygen atoms in total. The van der Waals surface area contributed by atoms with Crippen molar-refractivity contribution in [2.24, 2.45) is 5.92 Å². The Bertz CT molecular complexity index is 960. The predicted octanol–water partition coefficient (Wildman–Crippen LogP) is 4.06. The molecule has 1 atom stereocenters. The van der Waals surface area contributed by atoms with Gasteiger partial charge in [0, 0.05) is 57.5 Å². The van der Waals surface area contributed by atoms with Gasteiger partial charge in [-0.15, -0.1) is 0 Å². The highest BCUT2D eigenvalue weighted by Gasteiger charge is 2.30. The van der Waals surface area contributed by atoms with Crippen LogP contribution in [0.1, 0.15) is 24.5 Å². The summed E-state index contributed by atoms with van der Waals surface area (Å²) in [5.41, 5.74) is 4.73. The maximum Gasteiger partial charge on any atom is 0.227 e. The molecule has 1 aromatic carbocycles.